The molecule has 0 unspecified atom stereocenters. The van der Waals surface area contributed by atoms with Gasteiger partial charge in [-0.25, -0.2) is 0 Å². The van der Waals surface area contributed by atoms with Crippen LogP contribution in [-0.4, -0.2) is 155 Å². The summed E-state index contributed by atoms with van der Waals surface area (Å²) in [5.74, 6) is 0. The molecule has 0 atom stereocenters. The molecule has 0 amide bonds. The molecular formula is C54H96N6O9. The van der Waals surface area contributed by atoms with Gasteiger partial charge in [0.2, 0.25) is 32.6 Å². The van der Waals surface area contributed by atoms with Crippen LogP contribution in [0.1, 0.15) is 139 Å². The lowest BCUT2D eigenvalue weighted by molar-refractivity contribution is 0.108. The average molecular weight is 973 g/mol. The number of anilines is 3. The van der Waals surface area contributed by atoms with E-state index in [9.17, 15) is 28.8 Å². The van der Waals surface area contributed by atoms with Gasteiger partial charge >= 0.3 is 0 Å². The topological polar surface area (TPSA) is 150 Å². The minimum absolute atomic E-state index is 0.293. The van der Waals surface area contributed by atoms with E-state index >= 15 is 0 Å². The van der Waals surface area contributed by atoms with Gasteiger partial charge in [-0.15, -0.1) is 0 Å². The highest BCUT2D eigenvalue weighted by molar-refractivity contribution is 5.62. The van der Waals surface area contributed by atoms with E-state index in [1.54, 1.807) is 0 Å². The highest BCUT2D eigenvalue weighted by Crippen LogP contribution is 2.29. The van der Waals surface area contributed by atoms with Crippen molar-refractivity contribution in [2.24, 2.45) is 0 Å². The van der Waals surface area contributed by atoms with Gasteiger partial charge in [0.05, 0.1) is 56.7 Å². The molecule has 0 aliphatic carbocycles. The van der Waals surface area contributed by atoms with Crippen LogP contribution in [0.2, 0.25) is 0 Å². The first-order chi connectivity index (χ1) is 32.2. The second kappa shape index (κ2) is 30.3. The SMILES string of the molecule is CCCN(C)CCOCCN(C)c1c(C(C)(C)C)c(=O)c1=O.CCCN(CC)CCOCCN(C)c1c(C(C)(C)C)c(=O)c1=O.CCCN(CCC)CCOCCN(C)c1c(C(C)(C)C)c(=O)c1=O. The summed E-state index contributed by atoms with van der Waals surface area (Å²) in [4.78, 5) is 83.5. The van der Waals surface area contributed by atoms with E-state index in [0.29, 0.717) is 93.0 Å². The van der Waals surface area contributed by atoms with E-state index in [-0.39, 0.29) is 48.8 Å². The molecule has 69 heavy (non-hydrogen) atoms. The Balaban J connectivity index is 0.000000518. The fraction of sp³-hybridized carbons (Fsp3) is 0.778. The summed E-state index contributed by atoms with van der Waals surface area (Å²) in [5.41, 5.74) is 0.638. The van der Waals surface area contributed by atoms with Crippen LogP contribution in [0.4, 0.5) is 17.1 Å². The number of nitrogens with zero attached hydrogens (tertiary/aromatic N) is 6. The molecule has 0 N–H and O–H groups in total. The maximum absolute atomic E-state index is 11.9. The largest absolute Gasteiger partial charge is 0.378 e. The Morgan fingerprint density at radius 3 is 0.870 bits per heavy atom. The fourth-order valence-electron chi connectivity index (χ4n) is 8.38. The monoisotopic (exact) mass is 973 g/mol. The molecule has 0 aliphatic rings. The smallest absolute Gasteiger partial charge is 0.249 e. The first-order valence-corrected chi connectivity index (χ1v) is 25.7. The quantitative estimate of drug-likeness (QED) is 0.0629. The molecule has 15 heteroatoms. The lowest BCUT2D eigenvalue weighted by atomic mass is 9.82. The van der Waals surface area contributed by atoms with E-state index in [4.69, 9.17) is 14.2 Å². The standard InChI is InChI=1S/C19H34N2O3.C18H32N2O3.C17H30N2O3/c1-7-9-21(10-8-2)12-14-24-13-11-20(6)16-15(19(3,4)5)17(22)18(16)23;1-7-9-20(8-2)11-13-23-12-10-19(6)15-14(18(3,4)5)16(21)17(15)22;1-7-8-18(5)9-11-22-12-10-19(6)14-13(17(2,3)4)15(20)16(14)21/h7-14H2,1-6H3;7-13H2,1-6H3;7-12H2,1-6H3. The number of hydrogen-bond acceptors (Lipinski definition) is 15. The zero-order valence-electron chi connectivity index (χ0n) is 46.7. The van der Waals surface area contributed by atoms with Gasteiger partial charge in [0.1, 0.15) is 0 Å². The van der Waals surface area contributed by atoms with Crippen LogP contribution in [0.25, 0.3) is 0 Å². The van der Waals surface area contributed by atoms with Gasteiger partial charge in [0, 0.05) is 77.1 Å². The molecule has 0 aromatic heterocycles. The summed E-state index contributed by atoms with van der Waals surface area (Å²) in [6, 6.07) is 0. The normalized spacial score (nSPS) is 12.3. The summed E-state index contributed by atoms with van der Waals surface area (Å²) >= 11 is 0. The van der Waals surface area contributed by atoms with Gasteiger partial charge < -0.3 is 43.6 Å². The summed E-state index contributed by atoms with van der Waals surface area (Å²) in [6.45, 7) is 42.3. The molecule has 0 spiro atoms. The first kappa shape index (κ1) is 63.4. The molecule has 0 aliphatic heterocycles. The minimum atomic E-state index is -0.366. The molecular weight excluding hydrogens is 877 g/mol. The van der Waals surface area contributed by atoms with Gasteiger partial charge in [-0.3, -0.25) is 28.8 Å². The molecule has 15 nitrogen and oxygen atoms in total. The van der Waals surface area contributed by atoms with E-state index < -0.39 is 0 Å². The van der Waals surface area contributed by atoms with Crippen LogP contribution in [0.3, 0.4) is 0 Å². The predicted molar refractivity (Wildman–Crippen MR) is 290 cm³/mol. The van der Waals surface area contributed by atoms with E-state index in [1.807, 2.05) is 98.2 Å². The van der Waals surface area contributed by atoms with Crippen LogP contribution in [-0.2, 0) is 30.5 Å². The Kier molecular flexibility index (Phi) is 27.9. The predicted octanol–water partition coefficient (Wildman–Crippen LogP) is 5.29. The van der Waals surface area contributed by atoms with Crippen molar-refractivity contribution in [1.82, 2.24) is 14.7 Å². The van der Waals surface area contributed by atoms with Crippen LogP contribution < -0.4 is 47.3 Å². The van der Waals surface area contributed by atoms with Crippen molar-refractivity contribution >= 4 is 17.1 Å². The Labute approximate surface area is 416 Å². The van der Waals surface area contributed by atoms with Gasteiger partial charge in [-0.2, -0.15) is 0 Å². The Morgan fingerprint density at radius 2 is 0.594 bits per heavy atom. The summed E-state index contributed by atoms with van der Waals surface area (Å²) < 4.78 is 17.0. The van der Waals surface area contributed by atoms with Gasteiger partial charge in [0.15, 0.2) is 0 Å². The maximum atomic E-state index is 11.9. The third-order valence-electron chi connectivity index (χ3n) is 12.2. The fourth-order valence-corrected chi connectivity index (χ4v) is 8.38. The molecule has 3 aromatic carbocycles. The Hall–Kier alpha value is -3.60. The van der Waals surface area contributed by atoms with Crippen molar-refractivity contribution in [2.45, 2.75) is 139 Å². The number of rotatable bonds is 30. The molecule has 0 heterocycles. The van der Waals surface area contributed by atoms with Crippen LogP contribution in [0.5, 0.6) is 0 Å². The zero-order valence-corrected chi connectivity index (χ0v) is 46.7. The van der Waals surface area contributed by atoms with Crippen molar-refractivity contribution < 1.29 is 14.2 Å². The van der Waals surface area contributed by atoms with Crippen LogP contribution >= 0.6 is 0 Å². The highest BCUT2D eigenvalue weighted by Gasteiger charge is 2.34. The van der Waals surface area contributed by atoms with Crippen LogP contribution in [0, 0.1) is 0 Å². The van der Waals surface area contributed by atoms with Crippen molar-refractivity contribution in [2.75, 3.05) is 155 Å². The van der Waals surface area contributed by atoms with E-state index in [2.05, 4.69) is 56.4 Å². The molecule has 0 radical (unpaired) electrons. The average Bonchev–Trinajstić information content (AvgIpc) is 3.26. The molecule has 396 valence electrons. The van der Waals surface area contributed by atoms with E-state index in [0.717, 1.165) is 78.0 Å². The summed E-state index contributed by atoms with van der Waals surface area (Å²) in [5, 5.41) is 0. The lowest BCUT2D eigenvalue weighted by Crippen LogP contribution is -2.47. The molecule has 0 bridgehead atoms. The van der Waals surface area contributed by atoms with Crippen LogP contribution in [0.15, 0.2) is 28.8 Å². The Morgan fingerprint density at radius 1 is 0.333 bits per heavy atom. The third kappa shape index (κ3) is 19.8. The second-order valence-corrected chi connectivity index (χ2v) is 21.6. The second-order valence-electron chi connectivity index (χ2n) is 21.6. The third-order valence-corrected chi connectivity index (χ3v) is 12.2. The van der Waals surface area contributed by atoms with Crippen molar-refractivity contribution in [1.29, 1.82) is 0 Å². The molecule has 3 rings (SSSR count). The summed E-state index contributed by atoms with van der Waals surface area (Å²) in [7, 11) is 7.63. The lowest BCUT2D eigenvalue weighted by Gasteiger charge is -2.29. The number of ether oxygens (including phenoxy) is 3. The number of hydrogen-bond donors (Lipinski definition) is 0. The van der Waals surface area contributed by atoms with Gasteiger partial charge in [-0.1, -0.05) is 96.9 Å². The zero-order chi connectivity index (χ0) is 52.9. The first-order valence-electron chi connectivity index (χ1n) is 25.7. The molecule has 3 aromatic rings. The van der Waals surface area contributed by atoms with Gasteiger partial charge in [0.25, 0.3) is 0 Å². The van der Waals surface area contributed by atoms with Crippen molar-refractivity contribution in [3.05, 3.63) is 78.0 Å². The molecule has 0 saturated heterocycles. The van der Waals surface area contributed by atoms with Crippen molar-refractivity contribution in [3.63, 3.8) is 0 Å². The van der Waals surface area contributed by atoms with E-state index in [1.165, 1.54) is 0 Å². The summed E-state index contributed by atoms with van der Waals surface area (Å²) in [6.07, 6.45) is 4.60. The maximum Gasteiger partial charge on any atom is 0.249 e. The molecule has 0 fully saturated rings. The number of likely N-dealkylation sites (N-methyl/N-ethyl adjacent to an activating group) is 5. The van der Waals surface area contributed by atoms with Gasteiger partial charge in [-0.05, 0) is 81.7 Å². The van der Waals surface area contributed by atoms with Crippen molar-refractivity contribution in [3.8, 4) is 0 Å². The Bertz CT molecular complexity index is 2130. The molecule has 0 saturated carbocycles. The minimum Gasteiger partial charge on any atom is -0.378 e. The highest BCUT2D eigenvalue weighted by atomic mass is 16.5.